The maximum Gasteiger partial charge on any atom is 0.157 e. The largest absolute Gasteiger partial charge is 0.504 e. The molecule has 2 aromatic carbocycles. The number of aliphatic hydroxyl groups excluding tert-OH is 1. The van der Waals surface area contributed by atoms with Gasteiger partial charge in [0, 0.05) is 6.54 Å². The summed E-state index contributed by atoms with van der Waals surface area (Å²) in [6.07, 6.45) is -0.670. The number of nitrogens with one attached hydrogen (secondary N) is 1. The number of phenolic OH excluding ortho intramolecular Hbond substituents is 2. The number of hydrogen-bond donors (Lipinski definition) is 4. The summed E-state index contributed by atoms with van der Waals surface area (Å²) in [6, 6.07) is 16.3. The Kier molecular flexibility index (Phi) is 9.20. The second kappa shape index (κ2) is 10.1. The molecule has 0 radical (unpaired) electrons. The van der Waals surface area contributed by atoms with Crippen LogP contribution in [0.5, 0.6) is 11.5 Å². The van der Waals surface area contributed by atoms with Crippen molar-refractivity contribution in [3.05, 3.63) is 60.2 Å². The molecule has 20 heavy (non-hydrogen) atoms. The predicted octanol–water partition coefficient (Wildman–Crippen LogP) is 2.46. The molecule has 0 aliphatic carbocycles. The SMILES string of the molecule is CNCC(O)c1ccc(O)c(O)c1.Cl.c1ccccc1. The molecule has 2 aromatic rings. The fourth-order valence-electron chi connectivity index (χ4n) is 1.44. The van der Waals surface area contributed by atoms with Crippen LogP contribution in [0.1, 0.15) is 11.7 Å². The first-order chi connectivity index (χ1) is 9.15. The number of phenols is 2. The molecule has 0 aliphatic rings. The second-order valence-corrected chi connectivity index (χ2v) is 3.98. The van der Waals surface area contributed by atoms with Crippen molar-refractivity contribution in [1.82, 2.24) is 5.32 Å². The third-order valence-corrected chi connectivity index (χ3v) is 2.45. The summed E-state index contributed by atoms with van der Waals surface area (Å²) in [5.41, 5.74) is 0.574. The van der Waals surface area contributed by atoms with Crippen molar-refractivity contribution in [1.29, 1.82) is 0 Å². The summed E-state index contributed by atoms with van der Waals surface area (Å²) in [5, 5.41) is 30.4. The molecule has 0 saturated heterocycles. The molecule has 1 atom stereocenters. The van der Waals surface area contributed by atoms with Gasteiger partial charge in [0.15, 0.2) is 11.5 Å². The van der Waals surface area contributed by atoms with Crippen molar-refractivity contribution in [3.8, 4) is 11.5 Å². The molecule has 0 aromatic heterocycles. The quantitative estimate of drug-likeness (QED) is 0.657. The average molecular weight is 298 g/mol. The van der Waals surface area contributed by atoms with Gasteiger partial charge in [0.25, 0.3) is 0 Å². The monoisotopic (exact) mass is 297 g/mol. The van der Waals surface area contributed by atoms with Gasteiger partial charge in [0.1, 0.15) is 0 Å². The highest BCUT2D eigenvalue weighted by Crippen LogP contribution is 2.27. The maximum absolute atomic E-state index is 9.48. The van der Waals surface area contributed by atoms with Crippen LogP contribution in [-0.4, -0.2) is 28.9 Å². The van der Waals surface area contributed by atoms with Crippen LogP contribution in [0.25, 0.3) is 0 Å². The van der Waals surface area contributed by atoms with Crippen molar-refractivity contribution in [2.24, 2.45) is 0 Å². The van der Waals surface area contributed by atoms with Gasteiger partial charge in [-0.2, -0.15) is 0 Å². The van der Waals surface area contributed by atoms with Gasteiger partial charge >= 0.3 is 0 Å². The lowest BCUT2D eigenvalue weighted by Gasteiger charge is -2.10. The van der Waals surface area contributed by atoms with Gasteiger partial charge in [0.05, 0.1) is 6.10 Å². The fourth-order valence-corrected chi connectivity index (χ4v) is 1.44. The van der Waals surface area contributed by atoms with Gasteiger partial charge in [0.2, 0.25) is 0 Å². The van der Waals surface area contributed by atoms with E-state index in [4.69, 9.17) is 10.2 Å². The molecule has 0 aliphatic heterocycles. The van der Waals surface area contributed by atoms with E-state index in [-0.39, 0.29) is 23.9 Å². The predicted molar refractivity (Wildman–Crippen MR) is 82.3 cm³/mol. The third-order valence-electron chi connectivity index (χ3n) is 2.45. The Hall–Kier alpha value is -1.75. The van der Waals surface area contributed by atoms with E-state index in [9.17, 15) is 5.11 Å². The second-order valence-electron chi connectivity index (χ2n) is 3.98. The molecule has 1 unspecified atom stereocenters. The van der Waals surface area contributed by atoms with E-state index in [2.05, 4.69) is 5.32 Å². The van der Waals surface area contributed by atoms with Gasteiger partial charge < -0.3 is 20.6 Å². The summed E-state index contributed by atoms with van der Waals surface area (Å²) in [5.74, 6) is -0.395. The van der Waals surface area contributed by atoms with Crippen molar-refractivity contribution >= 4 is 12.4 Å². The standard InChI is InChI=1S/C9H13NO3.C6H6.ClH/c1-10-5-9(13)6-2-3-7(11)8(12)4-6;1-2-4-6-5-3-1;/h2-4,9-13H,5H2,1H3;1-6H;1H. The molecule has 4 N–H and O–H groups in total. The fraction of sp³-hybridized carbons (Fsp3) is 0.200. The molecule has 0 spiro atoms. The molecule has 0 fully saturated rings. The normalized spacial score (nSPS) is 10.7. The average Bonchev–Trinajstić information content (AvgIpc) is 2.45. The Labute approximate surface area is 125 Å². The molecule has 0 amide bonds. The highest BCUT2D eigenvalue weighted by Gasteiger charge is 2.08. The number of likely N-dealkylation sites (N-methyl/N-ethyl adjacent to an activating group) is 1. The Balaban J connectivity index is 0.000000434. The Bertz CT molecular complexity index is 453. The number of aliphatic hydroxyl groups is 1. The number of halogens is 1. The van der Waals surface area contributed by atoms with Gasteiger partial charge in [-0.3, -0.25) is 0 Å². The van der Waals surface area contributed by atoms with Crippen LogP contribution in [0.4, 0.5) is 0 Å². The summed E-state index contributed by atoms with van der Waals surface area (Å²) in [4.78, 5) is 0. The van der Waals surface area contributed by atoms with Crippen LogP contribution in [0.2, 0.25) is 0 Å². The number of rotatable bonds is 3. The zero-order valence-electron chi connectivity index (χ0n) is 11.2. The zero-order chi connectivity index (χ0) is 14.1. The smallest absolute Gasteiger partial charge is 0.157 e. The van der Waals surface area contributed by atoms with Crippen LogP contribution in [0.15, 0.2) is 54.6 Å². The van der Waals surface area contributed by atoms with Crippen LogP contribution in [0, 0.1) is 0 Å². The molecule has 0 heterocycles. The lowest BCUT2D eigenvalue weighted by Crippen LogP contribution is -2.16. The first-order valence-electron chi connectivity index (χ1n) is 5.99. The summed E-state index contributed by atoms with van der Waals surface area (Å²) >= 11 is 0. The van der Waals surface area contributed by atoms with Crippen LogP contribution in [0.3, 0.4) is 0 Å². The molecule has 4 nitrogen and oxygen atoms in total. The zero-order valence-corrected chi connectivity index (χ0v) is 12.0. The van der Waals surface area contributed by atoms with Gasteiger partial charge in [-0.1, -0.05) is 42.5 Å². The molecule has 0 saturated carbocycles. The van der Waals surface area contributed by atoms with Crippen LogP contribution < -0.4 is 5.32 Å². The Morgan fingerprint density at radius 2 is 1.45 bits per heavy atom. The van der Waals surface area contributed by atoms with Gasteiger partial charge in [-0.15, -0.1) is 12.4 Å². The van der Waals surface area contributed by atoms with Gasteiger partial charge in [-0.05, 0) is 24.7 Å². The van der Waals surface area contributed by atoms with E-state index in [1.165, 1.54) is 12.1 Å². The molecule has 0 bridgehead atoms. The van der Waals surface area contributed by atoms with Crippen LogP contribution in [-0.2, 0) is 0 Å². The lowest BCUT2D eigenvalue weighted by atomic mass is 10.1. The number of benzene rings is 2. The first-order valence-corrected chi connectivity index (χ1v) is 5.99. The lowest BCUT2D eigenvalue weighted by molar-refractivity contribution is 0.177. The molecular formula is C15H20ClNO3. The topological polar surface area (TPSA) is 72.7 Å². The molecule has 110 valence electrons. The molecular weight excluding hydrogens is 278 g/mol. The third kappa shape index (κ3) is 6.43. The minimum Gasteiger partial charge on any atom is -0.504 e. The summed E-state index contributed by atoms with van der Waals surface area (Å²) < 4.78 is 0. The minimum absolute atomic E-state index is 0. The first kappa shape index (κ1) is 18.2. The van der Waals surface area contributed by atoms with E-state index >= 15 is 0 Å². The van der Waals surface area contributed by atoms with Crippen molar-refractivity contribution < 1.29 is 15.3 Å². The molecule has 5 heteroatoms. The van der Waals surface area contributed by atoms with E-state index in [1.54, 1.807) is 13.1 Å². The van der Waals surface area contributed by atoms with Crippen molar-refractivity contribution in [2.45, 2.75) is 6.10 Å². The highest BCUT2D eigenvalue weighted by molar-refractivity contribution is 5.85. The maximum atomic E-state index is 9.48. The number of hydrogen-bond acceptors (Lipinski definition) is 4. The summed E-state index contributed by atoms with van der Waals surface area (Å²) in [7, 11) is 1.73. The van der Waals surface area contributed by atoms with E-state index in [1.807, 2.05) is 36.4 Å². The molecule has 2 rings (SSSR count). The van der Waals surface area contributed by atoms with E-state index in [0.29, 0.717) is 12.1 Å². The Morgan fingerprint density at radius 1 is 0.950 bits per heavy atom. The summed E-state index contributed by atoms with van der Waals surface area (Å²) in [6.45, 7) is 0.407. The highest BCUT2D eigenvalue weighted by atomic mass is 35.5. The van der Waals surface area contributed by atoms with Crippen molar-refractivity contribution in [2.75, 3.05) is 13.6 Å². The van der Waals surface area contributed by atoms with Crippen LogP contribution >= 0.6 is 12.4 Å². The minimum atomic E-state index is -0.670. The Morgan fingerprint density at radius 3 is 1.85 bits per heavy atom. The van der Waals surface area contributed by atoms with E-state index < -0.39 is 6.10 Å². The van der Waals surface area contributed by atoms with E-state index in [0.717, 1.165) is 0 Å². The van der Waals surface area contributed by atoms with Crippen molar-refractivity contribution in [3.63, 3.8) is 0 Å². The van der Waals surface area contributed by atoms with Gasteiger partial charge in [-0.25, -0.2) is 0 Å². The number of aromatic hydroxyl groups is 2.